The fraction of sp³-hybridized carbons (Fsp3) is 0.438. The highest BCUT2D eigenvalue weighted by Gasteiger charge is 2.22. The van der Waals surface area contributed by atoms with Gasteiger partial charge in [0.1, 0.15) is 5.82 Å². The highest BCUT2D eigenvalue weighted by molar-refractivity contribution is 9.10. The lowest BCUT2D eigenvalue weighted by atomic mass is 10.1. The van der Waals surface area contributed by atoms with Crippen LogP contribution in [0.1, 0.15) is 17.7 Å². The number of pyridine rings is 1. The lowest BCUT2D eigenvalue weighted by Crippen LogP contribution is -2.49. The van der Waals surface area contributed by atoms with Crippen LogP contribution in [0.2, 0.25) is 5.22 Å². The zero-order valence-electron chi connectivity index (χ0n) is 13.3. The number of carbonyl (C=O) groups excluding carboxylic acids is 1. The zero-order chi connectivity index (χ0) is 17.1. The van der Waals surface area contributed by atoms with Crippen LogP contribution in [0, 0.1) is 6.92 Å². The third-order valence-electron chi connectivity index (χ3n) is 4.19. The molecule has 3 heterocycles. The Hall–Kier alpha value is -1.60. The predicted molar refractivity (Wildman–Crippen MR) is 95.3 cm³/mol. The van der Waals surface area contributed by atoms with Gasteiger partial charge in [0.2, 0.25) is 11.1 Å². The van der Waals surface area contributed by atoms with Crippen molar-refractivity contribution in [1.29, 1.82) is 0 Å². The van der Waals surface area contributed by atoms with Crippen molar-refractivity contribution in [2.75, 3.05) is 31.1 Å². The topological polar surface area (TPSA) is 62.5 Å². The Balaban J connectivity index is 1.51. The summed E-state index contributed by atoms with van der Waals surface area (Å²) in [4.78, 5) is 20.9. The van der Waals surface area contributed by atoms with E-state index in [0.29, 0.717) is 25.9 Å². The molecule has 24 heavy (non-hydrogen) atoms. The second-order valence-corrected chi connectivity index (χ2v) is 6.98. The first-order valence-corrected chi connectivity index (χ1v) is 8.96. The van der Waals surface area contributed by atoms with E-state index in [2.05, 4.69) is 31.0 Å². The lowest BCUT2D eigenvalue weighted by molar-refractivity contribution is -0.131. The van der Waals surface area contributed by atoms with Crippen LogP contribution in [0.4, 0.5) is 5.82 Å². The van der Waals surface area contributed by atoms with Crippen molar-refractivity contribution >= 4 is 39.3 Å². The Kier molecular flexibility index (Phi) is 5.40. The summed E-state index contributed by atoms with van der Waals surface area (Å²) in [7, 11) is 0. The van der Waals surface area contributed by atoms with Gasteiger partial charge >= 0.3 is 0 Å². The number of hydrogen-bond acceptors (Lipinski definition) is 5. The number of hydrogen-bond donors (Lipinski definition) is 0. The summed E-state index contributed by atoms with van der Waals surface area (Å²) in [6.45, 7) is 4.81. The quantitative estimate of drug-likeness (QED) is 0.771. The fourth-order valence-corrected chi connectivity index (χ4v) is 3.27. The number of carbonyl (C=O) groups is 1. The number of nitrogens with zero attached hydrogens (tertiary/aromatic N) is 4. The molecule has 1 saturated heterocycles. The van der Waals surface area contributed by atoms with Gasteiger partial charge in [0.15, 0.2) is 0 Å². The van der Waals surface area contributed by atoms with Crippen LogP contribution in [-0.4, -0.2) is 47.1 Å². The molecular formula is C16H18BrClN4O2. The van der Waals surface area contributed by atoms with Crippen molar-refractivity contribution in [3.8, 4) is 0 Å². The van der Waals surface area contributed by atoms with Gasteiger partial charge in [-0.15, -0.1) is 0 Å². The van der Waals surface area contributed by atoms with Crippen LogP contribution >= 0.6 is 27.5 Å². The Morgan fingerprint density at radius 1 is 1.33 bits per heavy atom. The maximum Gasteiger partial charge on any atom is 0.229 e. The largest absolute Gasteiger partial charge is 0.353 e. The van der Waals surface area contributed by atoms with E-state index in [1.165, 1.54) is 0 Å². The SMILES string of the molecule is Cc1noc(Cl)c1CCC(=O)N1CCN(c2ccc(Br)cn2)CC1. The van der Waals surface area contributed by atoms with Crippen LogP contribution in [0.5, 0.6) is 0 Å². The smallest absolute Gasteiger partial charge is 0.229 e. The highest BCUT2D eigenvalue weighted by Crippen LogP contribution is 2.21. The maximum atomic E-state index is 12.4. The number of piperazine rings is 1. The van der Waals surface area contributed by atoms with Gasteiger partial charge in [0.25, 0.3) is 0 Å². The van der Waals surface area contributed by atoms with E-state index in [9.17, 15) is 4.79 Å². The van der Waals surface area contributed by atoms with E-state index in [-0.39, 0.29) is 11.1 Å². The minimum atomic E-state index is 0.134. The average Bonchev–Trinajstić information content (AvgIpc) is 2.92. The molecule has 0 radical (unpaired) electrons. The number of anilines is 1. The molecule has 0 aliphatic carbocycles. The summed E-state index contributed by atoms with van der Waals surface area (Å²) in [6.07, 6.45) is 2.76. The van der Waals surface area contributed by atoms with Gasteiger partial charge in [-0.25, -0.2) is 4.98 Å². The van der Waals surface area contributed by atoms with Gasteiger partial charge in [0, 0.05) is 48.8 Å². The number of halogens is 2. The molecule has 0 saturated carbocycles. The van der Waals surface area contributed by atoms with E-state index in [0.717, 1.165) is 34.6 Å². The molecular weight excluding hydrogens is 396 g/mol. The van der Waals surface area contributed by atoms with E-state index in [4.69, 9.17) is 16.1 Å². The third kappa shape index (κ3) is 3.89. The summed E-state index contributed by atoms with van der Waals surface area (Å²) in [5, 5.41) is 4.09. The lowest BCUT2D eigenvalue weighted by Gasteiger charge is -2.35. The summed E-state index contributed by atoms with van der Waals surface area (Å²) in [5.74, 6) is 1.08. The minimum Gasteiger partial charge on any atom is -0.353 e. The number of aromatic nitrogens is 2. The van der Waals surface area contributed by atoms with Gasteiger partial charge in [0.05, 0.1) is 5.69 Å². The first-order chi connectivity index (χ1) is 11.5. The molecule has 1 aliphatic heterocycles. The summed E-state index contributed by atoms with van der Waals surface area (Å²) in [5.41, 5.74) is 1.57. The third-order valence-corrected chi connectivity index (χ3v) is 4.96. The fourth-order valence-electron chi connectivity index (χ4n) is 2.77. The van der Waals surface area contributed by atoms with E-state index >= 15 is 0 Å². The van der Waals surface area contributed by atoms with Gasteiger partial charge in [-0.1, -0.05) is 5.16 Å². The molecule has 2 aromatic rings. The average molecular weight is 414 g/mol. The number of aryl methyl sites for hydroxylation is 1. The van der Waals surface area contributed by atoms with Crippen LogP contribution in [-0.2, 0) is 11.2 Å². The second kappa shape index (κ2) is 7.53. The van der Waals surface area contributed by atoms with Crippen molar-refractivity contribution in [2.45, 2.75) is 19.8 Å². The summed E-state index contributed by atoms with van der Waals surface area (Å²) in [6, 6.07) is 3.96. The molecule has 8 heteroatoms. The van der Waals surface area contributed by atoms with Crippen molar-refractivity contribution in [3.63, 3.8) is 0 Å². The molecule has 128 valence electrons. The molecule has 0 aromatic carbocycles. The molecule has 6 nitrogen and oxygen atoms in total. The van der Waals surface area contributed by atoms with Crippen molar-refractivity contribution in [2.24, 2.45) is 0 Å². The Morgan fingerprint density at radius 3 is 2.67 bits per heavy atom. The molecule has 0 spiro atoms. The van der Waals surface area contributed by atoms with Crippen molar-refractivity contribution in [1.82, 2.24) is 15.0 Å². The molecule has 0 unspecified atom stereocenters. The Morgan fingerprint density at radius 2 is 2.08 bits per heavy atom. The van der Waals surface area contributed by atoms with E-state index in [1.54, 1.807) is 6.20 Å². The van der Waals surface area contributed by atoms with Crippen LogP contribution in [0.25, 0.3) is 0 Å². The minimum absolute atomic E-state index is 0.134. The van der Waals surface area contributed by atoms with E-state index in [1.807, 2.05) is 24.0 Å². The van der Waals surface area contributed by atoms with Crippen molar-refractivity contribution in [3.05, 3.63) is 39.3 Å². The van der Waals surface area contributed by atoms with Crippen molar-refractivity contribution < 1.29 is 9.32 Å². The molecule has 1 fully saturated rings. The summed E-state index contributed by atoms with van der Waals surface area (Å²) < 4.78 is 5.88. The van der Waals surface area contributed by atoms with E-state index < -0.39 is 0 Å². The standard InChI is InChI=1S/C16H18BrClN4O2/c1-11-13(16(18)24-20-11)3-5-15(23)22-8-6-21(7-9-22)14-4-2-12(17)10-19-14/h2,4,10H,3,5-9H2,1H3. The van der Waals surface area contributed by atoms with Gasteiger partial charge in [-0.3, -0.25) is 4.79 Å². The first-order valence-electron chi connectivity index (χ1n) is 7.79. The molecule has 1 aliphatic rings. The van der Waals surface area contributed by atoms with Gasteiger partial charge in [-0.2, -0.15) is 0 Å². The number of amides is 1. The Bertz CT molecular complexity index is 692. The van der Waals surface area contributed by atoms with Crippen LogP contribution in [0.15, 0.2) is 27.3 Å². The van der Waals surface area contributed by atoms with Gasteiger partial charge < -0.3 is 14.3 Å². The van der Waals surface area contributed by atoms with Gasteiger partial charge in [-0.05, 0) is 53.0 Å². The molecule has 0 N–H and O–H groups in total. The maximum absolute atomic E-state index is 12.4. The van der Waals surface area contributed by atoms with Crippen LogP contribution in [0.3, 0.4) is 0 Å². The van der Waals surface area contributed by atoms with Crippen LogP contribution < -0.4 is 4.90 Å². The molecule has 0 atom stereocenters. The number of rotatable bonds is 4. The highest BCUT2D eigenvalue weighted by atomic mass is 79.9. The monoisotopic (exact) mass is 412 g/mol. The molecule has 3 rings (SSSR count). The second-order valence-electron chi connectivity index (χ2n) is 5.72. The molecule has 0 bridgehead atoms. The zero-order valence-corrected chi connectivity index (χ0v) is 15.7. The predicted octanol–water partition coefficient (Wildman–Crippen LogP) is 3.08. The summed E-state index contributed by atoms with van der Waals surface area (Å²) >= 11 is 9.33. The Labute approximate surface area is 153 Å². The first kappa shape index (κ1) is 17.2. The molecule has 1 amide bonds. The molecule has 2 aromatic heterocycles. The normalized spacial score (nSPS) is 15.0.